The fourth-order valence-electron chi connectivity index (χ4n) is 2.82. The van der Waals surface area contributed by atoms with E-state index in [1.165, 1.54) is 16.9 Å². The SMILES string of the molecule is CC(=O)CCC1C(=O)N(c2ccccc2)N(c2ccccc2)C1=O.[NaH]. The van der Waals surface area contributed by atoms with Crippen LogP contribution in [0.5, 0.6) is 0 Å². The predicted octanol–water partition coefficient (Wildman–Crippen LogP) is 2.32. The van der Waals surface area contributed by atoms with Gasteiger partial charge < -0.3 is 4.79 Å². The fourth-order valence-corrected chi connectivity index (χ4v) is 2.82. The molecule has 0 aliphatic carbocycles. The normalized spacial score (nSPS) is 14.6. The molecule has 6 heteroatoms. The third kappa shape index (κ3) is 4.00. The van der Waals surface area contributed by atoms with Crippen LogP contribution in [0.25, 0.3) is 0 Å². The first-order valence-electron chi connectivity index (χ1n) is 7.87. The number of amides is 2. The van der Waals surface area contributed by atoms with Crippen molar-refractivity contribution >= 4 is 58.5 Å². The molecule has 0 N–H and O–H groups in total. The van der Waals surface area contributed by atoms with Gasteiger partial charge in [-0.05, 0) is 37.6 Å². The van der Waals surface area contributed by atoms with E-state index in [1.807, 2.05) is 36.4 Å². The van der Waals surface area contributed by atoms with Crippen LogP contribution in [0.3, 0.4) is 0 Å². The zero-order valence-electron chi connectivity index (χ0n) is 13.4. The molecule has 3 rings (SSSR count). The molecule has 0 unspecified atom stereocenters. The fraction of sp³-hybridized carbons (Fsp3) is 0.211. The second-order valence-corrected chi connectivity index (χ2v) is 5.76. The molecule has 0 spiro atoms. The van der Waals surface area contributed by atoms with Gasteiger partial charge in [-0.15, -0.1) is 0 Å². The van der Waals surface area contributed by atoms with Crippen LogP contribution in [0.15, 0.2) is 60.7 Å². The number of hydrogen-bond donors (Lipinski definition) is 0. The Morgan fingerprint density at radius 1 is 0.840 bits per heavy atom. The topological polar surface area (TPSA) is 57.7 Å². The minimum atomic E-state index is -0.825. The predicted molar refractivity (Wildman–Crippen MR) is 98.4 cm³/mol. The number of hydrogen-bond acceptors (Lipinski definition) is 3. The van der Waals surface area contributed by atoms with E-state index in [1.54, 1.807) is 24.3 Å². The average molecular weight is 346 g/mol. The summed E-state index contributed by atoms with van der Waals surface area (Å²) in [5, 5.41) is 2.81. The standard InChI is InChI=1S/C19H18N2O3.Na.H/c1-14(22)12-13-17-18(23)20(15-8-4-2-5-9-15)21(19(17)24)16-10-6-3-7-11-16;;/h2-11,17H,12-13H2,1H3;;. The third-order valence-electron chi connectivity index (χ3n) is 4.00. The number of carbonyl (C=O) groups excluding carboxylic acids is 3. The van der Waals surface area contributed by atoms with Crippen molar-refractivity contribution in [2.75, 3.05) is 10.0 Å². The van der Waals surface area contributed by atoms with Crippen molar-refractivity contribution in [3.05, 3.63) is 60.7 Å². The van der Waals surface area contributed by atoms with Crippen LogP contribution in [-0.4, -0.2) is 47.2 Å². The van der Waals surface area contributed by atoms with Crippen molar-refractivity contribution in [3.8, 4) is 0 Å². The third-order valence-corrected chi connectivity index (χ3v) is 4.00. The Bertz CT molecular complexity index is 707. The number of ketones is 1. The molecule has 124 valence electrons. The van der Waals surface area contributed by atoms with Crippen molar-refractivity contribution in [1.29, 1.82) is 0 Å². The van der Waals surface area contributed by atoms with Gasteiger partial charge in [-0.3, -0.25) is 9.59 Å². The summed E-state index contributed by atoms with van der Waals surface area (Å²) in [5.41, 5.74) is 1.26. The summed E-state index contributed by atoms with van der Waals surface area (Å²) in [6, 6.07) is 18.1. The Morgan fingerprint density at radius 3 is 1.60 bits per heavy atom. The molecule has 2 amide bonds. The minimum absolute atomic E-state index is 0. The average Bonchev–Trinajstić information content (AvgIpc) is 2.85. The Kier molecular flexibility index (Phi) is 6.53. The summed E-state index contributed by atoms with van der Waals surface area (Å²) < 4.78 is 0. The maximum atomic E-state index is 12.9. The van der Waals surface area contributed by atoms with Gasteiger partial charge in [0.2, 0.25) is 0 Å². The maximum absolute atomic E-state index is 12.9. The number of benzene rings is 2. The van der Waals surface area contributed by atoms with E-state index in [2.05, 4.69) is 0 Å². The summed E-state index contributed by atoms with van der Waals surface area (Å²) in [7, 11) is 0. The molecule has 1 aliphatic heterocycles. The van der Waals surface area contributed by atoms with Gasteiger partial charge in [0.25, 0.3) is 11.8 Å². The van der Waals surface area contributed by atoms with E-state index in [0.717, 1.165) is 0 Å². The molecule has 1 saturated heterocycles. The molecular formula is C19H19N2NaO3. The first kappa shape index (κ1) is 19.4. The van der Waals surface area contributed by atoms with Crippen molar-refractivity contribution < 1.29 is 14.4 Å². The monoisotopic (exact) mass is 346 g/mol. The second-order valence-electron chi connectivity index (χ2n) is 5.76. The number of hydrazine groups is 1. The Morgan fingerprint density at radius 2 is 1.24 bits per heavy atom. The van der Waals surface area contributed by atoms with Gasteiger partial charge in [-0.2, -0.15) is 0 Å². The van der Waals surface area contributed by atoms with Crippen LogP contribution in [0, 0.1) is 5.92 Å². The van der Waals surface area contributed by atoms with Crippen molar-refractivity contribution in [2.45, 2.75) is 19.8 Å². The van der Waals surface area contributed by atoms with Crippen LogP contribution in [-0.2, 0) is 14.4 Å². The van der Waals surface area contributed by atoms with Gasteiger partial charge in [0.15, 0.2) is 0 Å². The van der Waals surface area contributed by atoms with Gasteiger partial charge in [-0.25, -0.2) is 10.0 Å². The second kappa shape index (κ2) is 8.43. The number of Topliss-reactive ketones (excluding diaryl/α,β-unsaturated/α-hetero) is 1. The molecule has 0 radical (unpaired) electrons. The van der Waals surface area contributed by atoms with Gasteiger partial charge >= 0.3 is 29.6 Å². The van der Waals surface area contributed by atoms with Crippen LogP contribution in [0.4, 0.5) is 11.4 Å². The summed E-state index contributed by atoms with van der Waals surface area (Å²) in [6.45, 7) is 1.47. The van der Waals surface area contributed by atoms with Gasteiger partial charge in [-0.1, -0.05) is 36.4 Å². The van der Waals surface area contributed by atoms with Gasteiger partial charge in [0.1, 0.15) is 11.7 Å². The van der Waals surface area contributed by atoms with Crippen LogP contribution < -0.4 is 10.0 Å². The van der Waals surface area contributed by atoms with E-state index >= 15 is 0 Å². The van der Waals surface area contributed by atoms with Crippen molar-refractivity contribution in [3.63, 3.8) is 0 Å². The van der Waals surface area contributed by atoms with Gasteiger partial charge in [0.05, 0.1) is 11.4 Å². The first-order chi connectivity index (χ1) is 11.6. The molecular weight excluding hydrogens is 327 g/mol. The summed E-state index contributed by atoms with van der Waals surface area (Å²) in [5.74, 6) is -1.44. The zero-order valence-corrected chi connectivity index (χ0v) is 13.4. The number of nitrogens with zero attached hydrogens (tertiary/aromatic N) is 2. The summed E-state index contributed by atoms with van der Waals surface area (Å²) in [4.78, 5) is 37.0. The van der Waals surface area contributed by atoms with E-state index in [4.69, 9.17) is 0 Å². The van der Waals surface area contributed by atoms with Gasteiger partial charge in [0, 0.05) is 6.42 Å². The Balaban J connectivity index is 0.00000225. The number of carbonyl (C=O) groups is 3. The Hall–Kier alpha value is -1.95. The number of para-hydroxylation sites is 2. The van der Waals surface area contributed by atoms with Crippen LogP contribution in [0.2, 0.25) is 0 Å². The molecule has 2 aromatic carbocycles. The summed E-state index contributed by atoms with van der Waals surface area (Å²) >= 11 is 0. The quantitative estimate of drug-likeness (QED) is 0.617. The first-order valence-corrected chi connectivity index (χ1v) is 7.87. The Labute approximate surface area is 168 Å². The molecule has 0 saturated carbocycles. The van der Waals surface area contributed by atoms with E-state index < -0.39 is 5.92 Å². The van der Waals surface area contributed by atoms with E-state index in [-0.39, 0.29) is 60.0 Å². The molecule has 0 aromatic heterocycles. The zero-order chi connectivity index (χ0) is 17.1. The molecule has 5 nitrogen and oxygen atoms in total. The number of rotatable bonds is 5. The van der Waals surface area contributed by atoms with E-state index in [0.29, 0.717) is 11.4 Å². The molecule has 2 aromatic rings. The van der Waals surface area contributed by atoms with Crippen molar-refractivity contribution in [1.82, 2.24) is 0 Å². The van der Waals surface area contributed by atoms with Crippen LogP contribution in [0.1, 0.15) is 19.8 Å². The van der Waals surface area contributed by atoms with Crippen LogP contribution >= 0.6 is 0 Å². The molecule has 25 heavy (non-hydrogen) atoms. The summed E-state index contributed by atoms with van der Waals surface area (Å²) in [6.07, 6.45) is 0.451. The van der Waals surface area contributed by atoms with Crippen molar-refractivity contribution in [2.24, 2.45) is 5.92 Å². The molecule has 0 bridgehead atoms. The van der Waals surface area contributed by atoms with E-state index in [9.17, 15) is 14.4 Å². The molecule has 1 heterocycles. The molecule has 1 fully saturated rings. The molecule has 0 atom stereocenters. The number of anilines is 2. The molecule has 1 aliphatic rings.